The lowest BCUT2D eigenvalue weighted by Crippen LogP contribution is -2.45. The minimum absolute atomic E-state index is 0.441. The number of aryl methyl sites for hydroxylation is 1. The van der Waals surface area contributed by atoms with E-state index in [9.17, 15) is 0 Å². The van der Waals surface area contributed by atoms with E-state index in [0.717, 1.165) is 18.4 Å². The van der Waals surface area contributed by atoms with Gasteiger partial charge in [-0.3, -0.25) is 0 Å². The second-order valence-electron chi connectivity index (χ2n) is 5.71. The Balaban J connectivity index is 1.91. The molecule has 21 heavy (non-hydrogen) atoms. The lowest BCUT2D eigenvalue weighted by molar-refractivity contribution is 0.298. The summed E-state index contributed by atoms with van der Waals surface area (Å²) in [5, 5.41) is 10.7. The Hall–Kier alpha value is -1.59. The van der Waals surface area contributed by atoms with Crippen molar-refractivity contribution in [3.8, 4) is 0 Å². The van der Waals surface area contributed by atoms with Crippen LogP contribution in [-0.2, 0) is 6.54 Å². The van der Waals surface area contributed by atoms with Gasteiger partial charge in [0.15, 0.2) is 11.8 Å². The maximum atomic E-state index is 4.96. The molecule has 1 saturated carbocycles. The third kappa shape index (κ3) is 5.02. The van der Waals surface area contributed by atoms with Gasteiger partial charge in [-0.2, -0.15) is 4.98 Å². The van der Waals surface area contributed by atoms with Crippen LogP contribution in [0.15, 0.2) is 9.52 Å². The van der Waals surface area contributed by atoms with Crippen LogP contribution in [-0.4, -0.2) is 28.7 Å². The first-order valence-corrected chi connectivity index (χ1v) is 8.05. The molecule has 0 aromatic carbocycles. The predicted octanol–water partition coefficient (Wildman–Crippen LogP) is 2.40. The summed E-state index contributed by atoms with van der Waals surface area (Å²) in [7, 11) is 0. The van der Waals surface area contributed by atoms with Gasteiger partial charge in [0.1, 0.15) is 6.54 Å². The van der Waals surface area contributed by atoms with Crippen LogP contribution < -0.4 is 10.6 Å². The molecule has 2 N–H and O–H groups in total. The van der Waals surface area contributed by atoms with Gasteiger partial charge in [-0.05, 0) is 25.7 Å². The molecule has 2 atom stereocenters. The van der Waals surface area contributed by atoms with E-state index in [4.69, 9.17) is 4.52 Å². The first-order chi connectivity index (χ1) is 10.2. The first-order valence-electron chi connectivity index (χ1n) is 8.05. The van der Waals surface area contributed by atoms with E-state index in [1.807, 2.05) is 0 Å². The molecular formula is C15H27N5O. The highest BCUT2D eigenvalue weighted by molar-refractivity contribution is 5.80. The summed E-state index contributed by atoms with van der Waals surface area (Å²) in [5.74, 6) is 2.90. The smallest absolute Gasteiger partial charge is 0.223 e. The summed E-state index contributed by atoms with van der Waals surface area (Å²) in [6.45, 7) is 7.44. The van der Waals surface area contributed by atoms with E-state index in [2.05, 4.69) is 39.6 Å². The molecule has 0 saturated heterocycles. The average Bonchev–Trinajstić information content (AvgIpc) is 2.91. The minimum Gasteiger partial charge on any atom is -0.357 e. The molecule has 1 heterocycles. The van der Waals surface area contributed by atoms with Crippen LogP contribution in [0.3, 0.4) is 0 Å². The number of hydrogen-bond acceptors (Lipinski definition) is 4. The van der Waals surface area contributed by atoms with Crippen molar-refractivity contribution in [2.45, 2.75) is 65.5 Å². The Labute approximate surface area is 126 Å². The molecule has 1 aliphatic rings. The van der Waals surface area contributed by atoms with Crippen LogP contribution in [0, 0.1) is 12.8 Å². The molecule has 0 radical (unpaired) electrons. The molecule has 118 valence electrons. The van der Waals surface area contributed by atoms with Crippen molar-refractivity contribution in [1.82, 2.24) is 20.8 Å². The number of aromatic nitrogens is 2. The molecule has 6 heteroatoms. The molecule has 0 aliphatic heterocycles. The van der Waals surface area contributed by atoms with Gasteiger partial charge in [0.05, 0.1) is 0 Å². The average molecular weight is 293 g/mol. The molecule has 0 bridgehead atoms. The fraction of sp³-hybridized carbons (Fsp3) is 0.800. The summed E-state index contributed by atoms with van der Waals surface area (Å²) >= 11 is 0. The number of hydrogen-bond donors (Lipinski definition) is 2. The molecule has 1 aromatic heterocycles. The van der Waals surface area contributed by atoms with Crippen molar-refractivity contribution >= 4 is 5.96 Å². The Morgan fingerprint density at radius 3 is 2.90 bits per heavy atom. The van der Waals surface area contributed by atoms with Crippen LogP contribution in [0.4, 0.5) is 0 Å². The number of rotatable bonds is 5. The topological polar surface area (TPSA) is 75.3 Å². The summed E-state index contributed by atoms with van der Waals surface area (Å²) in [6, 6.07) is 0.522. The van der Waals surface area contributed by atoms with Gasteiger partial charge in [0.25, 0.3) is 0 Å². The van der Waals surface area contributed by atoms with Crippen LogP contribution >= 0.6 is 0 Å². The van der Waals surface area contributed by atoms with E-state index in [0.29, 0.717) is 24.3 Å². The Morgan fingerprint density at radius 2 is 2.24 bits per heavy atom. The molecule has 1 aromatic rings. The number of nitrogens with one attached hydrogen (secondary N) is 2. The Morgan fingerprint density at radius 1 is 1.38 bits per heavy atom. The second-order valence-corrected chi connectivity index (χ2v) is 5.71. The zero-order chi connectivity index (χ0) is 15.1. The van der Waals surface area contributed by atoms with Crippen molar-refractivity contribution in [1.29, 1.82) is 0 Å². The molecule has 0 unspecified atom stereocenters. The van der Waals surface area contributed by atoms with Gasteiger partial charge >= 0.3 is 0 Å². The van der Waals surface area contributed by atoms with Crippen molar-refractivity contribution in [3.63, 3.8) is 0 Å². The van der Waals surface area contributed by atoms with Gasteiger partial charge < -0.3 is 15.2 Å². The fourth-order valence-corrected chi connectivity index (χ4v) is 2.86. The highest BCUT2D eigenvalue weighted by Gasteiger charge is 2.21. The van der Waals surface area contributed by atoms with Crippen molar-refractivity contribution in [3.05, 3.63) is 11.7 Å². The molecule has 2 rings (SSSR count). The van der Waals surface area contributed by atoms with E-state index >= 15 is 0 Å². The van der Waals surface area contributed by atoms with Crippen molar-refractivity contribution < 1.29 is 4.52 Å². The van der Waals surface area contributed by atoms with Gasteiger partial charge in [0.2, 0.25) is 5.89 Å². The molecule has 0 amide bonds. The summed E-state index contributed by atoms with van der Waals surface area (Å²) in [4.78, 5) is 8.73. The van der Waals surface area contributed by atoms with E-state index in [-0.39, 0.29) is 0 Å². The minimum atomic E-state index is 0.441. The monoisotopic (exact) mass is 293 g/mol. The quantitative estimate of drug-likeness (QED) is 0.644. The zero-order valence-corrected chi connectivity index (χ0v) is 13.4. The Kier molecular flexibility index (Phi) is 6.02. The lowest BCUT2D eigenvalue weighted by Gasteiger charge is -2.30. The summed E-state index contributed by atoms with van der Waals surface area (Å²) in [5.41, 5.74) is 0. The molecule has 0 spiro atoms. The number of aliphatic imine (C=N–C) groups is 1. The fourth-order valence-electron chi connectivity index (χ4n) is 2.86. The van der Waals surface area contributed by atoms with Crippen molar-refractivity contribution in [2.24, 2.45) is 10.9 Å². The maximum absolute atomic E-state index is 4.96. The van der Waals surface area contributed by atoms with Gasteiger partial charge in [0, 0.05) is 19.5 Å². The lowest BCUT2D eigenvalue weighted by atomic mass is 9.84. The van der Waals surface area contributed by atoms with E-state index in [1.54, 1.807) is 6.92 Å². The molecular weight excluding hydrogens is 266 g/mol. The normalized spacial score (nSPS) is 23.1. The molecule has 6 nitrogen and oxygen atoms in total. The van der Waals surface area contributed by atoms with Gasteiger partial charge in [-0.1, -0.05) is 31.3 Å². The molecule has 1 aliphatic carbocycles. The van der Waals surface area contributed by atoms with Crippen LogP contribution in [0.5, 0.6) is 0 Å². The van der Waals surface area contributed by atoms with Crippen LogP contribution in [0.2, 0.25) is 0 Å². The zero-order valence-electron chi connectivity index (χ0n) is 13.4. The van der Waals surface area contributed by atoms with E-state index in [1.165, 1.54) is 32.1 Å². The molecule has 1 fully saturated rings. The number of nitrogens with zero attached hydrogens (tertiary/aromatic N) is 3. The van der Waals surface area contributed by atoms with E-state index < -0.39 is 0 Å². The standard InChI is InChI=1S/C15H27N5O/c1-4-12-7-6-8-13(9-12)19-15(16-5-2)17-10-14-18-11(3)21-20-14/h12-13H,4-10H2,1-3H3,(H2,16,17,19)/t12-,13+/m0/s1. The van der Waals surface area contributed by atoms with Gasteiger partial charge in [-0.15, -0.1) is 0 Å². The second kappa shape index (κ2) is 8.00. The van der Waals surface area contributed by atoms with Crippen LogP contribution in [0.1, 0.15) is 57.7 Å². The SMILES string of the molecule is CCNC(=NCc1noc(C)n1)N[C@@H]1CCC[C@H](CC)C1. The summed E-state index contributed by atoms with van der Waals surface area (Å²) in [6.07, 6.45) is 6.41. The maximum Gasteiger partial charge on any atom is 0.223 e. The Bertz CT molecular complexity index is 457. The summed E-state index contributed by atoms with van der Waals surface area (Å²) < 4.78 is 4.96. The third-order valence-electron chi connectivity index (χ3n) is 3.99. The largest absolute Gasteiger partial charge is 0.357 e. The third-order valence-corrected chi connectivity index (χ3v) is 3.99. The highest BCUT2D eigenvalue weighted by Crippen LogP contribution is 2.26. The van der Waals surface area contributed by atoms with Crippen molar-refractivity contribution in [2.75, 3.05) is 6.54 Å². The number of guanidine groups is 1. The first kappa shape index (κ1) is 15.8. The predicted molar refractivity (Wildman–Crippen MR) is 83.0 cm³/mol. The highest BCUT2D eigenvalue weighted by atomic mass is 16.5. The van der Waals surface area contributed by atoms with Crippen LogP contribution in [0.25, 0.3) is 0 Å². The van der Waals surface area contributed by atoms with Gasteiger partial charge in [-0.25, -0.2) is 4.99 Å².